The van der Waals surface area contributed by atoms with Crippen molar-refractivity contribution < 1.29 is 0 Å². The van der Waals surface area contributed by atoms with E-state index >= 15 is 0 Å². The molecule has 0 N–H and O–H groups in total. The van der Waals surface area contributed by atoms with E-state index in [9.17, 15) is 0 Å². The largest absolute Gasteiger partial charge is 0.0683 e. The first-order chi connectivity index (χ1) is 5.62. The Kier molecular flexibility index (Phi) is 2.85. The average Bonchev–Trinajstić information content (AvgIpc) is 2.07. The van der Waals surface area contributed by atoms with Crippen molar-refractivity contribution in [2.75, 3.05) is 0 Å². The Morgan fingerprint density at radius 1 is 1.08 bits per heavy atom. The fourth-order valence-corrected chi connectivity index (χ4v) is 3.18. The average molecular weight is 168 g/mol. The summed E-state index contributed by atoms with van der Waals surface area (Å²) in [5, 5.41) is 0. The number of rotatable bonds is 0. The molecule has 0 nitrogen and oxygen atoms in total. The number of fused-ring (bicyclic) bond motifs is 2. The van der Waals surface area contributed by atoms with Gasteiger partial charge in [-0.05, 0) is 36.0 Å². The van der Waals surface area contributed by atoms with E-state index in [0.717, 1.165) is 17.8 Å². The summed E-state index contributed by atoms with van der Waals surface area (Å²) >= 11 is 0. The first-order valence-corrected chi connectivity index (χ1v) is 5.62. The fraction of sp³-hybridized carbons (Fsp3) is 1.00. The first-order valence-electron chi connectivity index (χ1n) is 5.62. The van der Waals surface area contributed by atoms with Gasteiger partial charge in [0.1, 0.15) is 0 Å². The minimum atomic E-state index is 0.706. The molecule has 0 amide bonds. The van der Waals surface area contributed by atoms with Crippen LogP contribution in [-0.4, -0.2) is 0 Å². The van der Waals surface area contributed by atoms with Crippen LogP contribution in [0.2, 0.25) is 0 Å². The van der Waals surface area contributed by atoms with Gasteiger partial charge in [-0.1, -0.05) is 41.0 Å². The molecule has 0 unspecified atom stereocenters. The molecule has 2 bridgehead atoms. The number of hydrogen-bond acceptors (Lipinski definition) is 0. The van der Waals surface area contributed by atoms with Gasteiger partial charge >= 0.3 is 0 Å². The lowest BCUT2D eigenvalue weighted by molar-refractivity contribution is -0.0988. The van der Waals surface area contributed by atoms with E-state index < -0.39 is 0 Å². The second-order valence-electron chi connectivity index (χ2n) is 4.92. The molecule has 12 heavy (non-hydrogen) atoms. The molecule has 0 heteroatoms. The van der Waals surface area contributed by atoms with Gasteiger partial charge in [-0.15, -0.1) is 0 Å². The normalized spacial score (nSPS) is 42.2. The molecule has 0 saturated heterocycles. The van der Waals surface area contributed by atoms with Crippen LogP contribution in [-0.2, 0) is 0 Å². The summed E-state index contributed by atoms with van der Waals surface area (Å²) in [6.07, 6.45) is 4.54. The van der Waals surface area contributed by atoms with Crippen molar-refractivity contribution in [1.82, 2.24) is 0 Å². The number of hydrogen-bond donors (Lipinski definition) is 0. The van der Waals surface area contributed by atoms with Gasteiger partial charge in [0.25, 0.3) is 0 Å². The minimum absolute atomic E-state index is 0.706. The Morgan fingerprint density at radius 3 is 1.92 bits per heavy atom. The van der Waals surface area contributed by atoms with E-state index in [0.29, 0.717) is 5.41 Å². The Hall–Kier alpha value is 0. The summed E-state index contributed by atoms with van der Waals surface area (Å²) in [6, 6.07) is 0. The quantitative estimate of drug-likeness (QED) is 0.511. The SMILES string of the molecule is CC.C[C@@H]1CC[C@@H]2C[C@H]1C2(C)C. The lowest BCUT2D eigenvalue weighted by atomic mass is 9.46. The zero-order chi connectivity index (χ0) is 9.35. The van der Waals surface area contributed by atoms with E-state index in [1.807, 2.05) is 13.8 Å². The highest BCUT2D eigenvalue weighted by Gasteiger charge is 2.52. The van der Waals surface area contributed by atoms with Crippen molar-refractivity contribution in [3.63, 3.8) is 0 Å². The maximum atomic E-state index is 2.46. The molecular weight excluding hydrogens is 144 g/mol. The van der Waals surface area contributed by atoms with Gasteiger partial charge in [0.2, 0.25) is 0 Å². The predicted octanol–water partition coefficient (Wildman–Crippen LogP) is 4.10. The van der Waals surface area contributed by atoms with Crippen molar-refractivity contribution in [2.24, 2.45) is 23.2 Å². The van der Waals surface area contributed by atoms with E-state index in [4.69, 9.17) is 0 Å². The third kappa shape index (κ3) is 1.30. The summed E-state index contributed by atoms with van der Waals surface area (Å²) in [7, 11) is 0. The first kappa shape index (κ1) is 10.1. The summed E-state index contributed by atoms with van der Waals surface area (Å²) in [6.45, 7) is 11.4. The Bertz CT molecular complexity index is 144. The molecule has 3 fully saturated rings. The van der Waals surface area contributed by atoms with Crippen LogP contribution in [0.25, 0.3) is 0 Å². The van der Waals surface area contributed by atoms with Gasteiger partial charge in [-0.3, -0.25) is 0 Å². The molecule has 0 spiro atoms. The van der Waals surface area contributed by atoms with Crippen LogP contribution >= 0.6 is 0 Å². The maximum Gasteiger partial charge on any atom is -0.0295 e. The highest BCUT2D eigenvalue weighted by molar-refractivity contribution is 5.01. The molecule has 0 aliphatic heterocycles. The molecule has 72 valence electrons. The highest BCUT2D eigenvalue weighted by Crippen LogP contribution is 2.61. The molecule has 3 aliphatic carbocycles. The summed E-state index contributed by atoms with van der Waals surface area (Å²) in [5.74, 6) is 3.15. The monoisotopic (exact) mass is 168 g/mol. The maximum absolute atomic E-state index is 2.46. The molecule has 0 aromatic rings. The van der Waals surface area contributed by atoms with Crippen LogP contribution in [0.5, 0.6) is 0 Å². The summed E-state index contributed by atoms with van der Waals surface area (Å²) in [4.78, 5) is 0. The van der Waals surface area contributed by atoms with Gasteiger partial charge < -0.3 is 0 Å². The van der Waals surface area contributed by atoms with Crippen LogP contribution in [0.15, 0.2) is 0 Å². The zero-order valence-electron chi connectivity index (χ0n) is 9.35. The van der Waals surface area contributed by atoms with Crippen molar-refractivity contribution >= 4 is 0 Å². The Labute approximate surface area is 77.7 Å². The van der Waals surface area contributed by atoms with Gasteiger partial charge in [0.05, 0.1) is 0 Å². The molecule has 3 aliphatic rings. The van der Waals surface area contributed by atoms with Crippen LogP contribution in [0, 0.1) is 23.2 Å². The smallest absolute Gasteiger partial charge is 0.0295 e. The highest BCUT2D eigenvalue weighted by atomic mass is 14.6. The second kappa shape index (κ2) is 3.40. The molecule has 3 saturated carbocycles. The third-order valence-electron chi connectivity index (χ3n) is 4.20. The molecular formula is C12H24. The fourth-order valence-electron chi connectivity index (χ4n) is 3.18. The van der Waals surface area contributed by atoms with E-state index in [-0.39, 0.29) is 0 Å². The lowest BCUT2D eigenvalue weighted by Crippen LogP contribution is -2.51. The topological polar surface area (TPSA) is 0 Å². The molecule has 0 heterocycles. The molecule has 0 aromatic carbocycles. The van der Waals surface area contributed by atoms with Gasteiger partial charge in [0.15, 0.2) is 0 Å². The van der Waals surface area contributed by atoms with Crippen LogP contribution in [0.3, 0.4) is 0 Å². The third-order valence-corrected chi connectivity index (χ3v) is 4.20. The van der Waals surface area contributed by atoms with Crippen molar-refractivity contribution in [3.8, 4) is 0 Å². The van der Waals surface area contributed by atoms with Crippen molar-refractivity contribution in [1.29, 1.82) is 0 Å². The van der Waals surface area contributed by atoms with Crippen molar-refractivity contribution in [3.05, 3.63) is 0 Å². The second-order valence-corrected chi connectivity index (χ2v) is 4.92. The standard InChI is InChI=1S/C10H18.C2H6/c1-7-4-5-8-6-9(7)10(8,2)3;1-2/h7-9H,4-6H2,1-3H3;1-2H3/t7-,8-,9-;/m1./s1. The van der Waals surface area contributed by atoms with Gasteiger partial charge in [0, 0.05) is 0 Å². The van der Waals surface area contributed by atoms with Gasteiger partial charge in [-0.25, -0.2) is 0 Å². The molecule has 3 atom stereocenters. The lowest BCUT2D eigenvalue weighted by Gasteiger charge is -2.59. The van der Waals surface area contributed by atoms with Crippen LogP contribution < -0.4 is 0 Å². The van der Waals surface area contributed by atoms with E-state index in [1.165, 1.54) is 19.3 Å². The summed E-state index contributed by atoms with van der Waals surface area (Å²) < 4.78 is 0. The zero-order valence-corrected chi connectivity index (χ0v) is 9.35. The predicted molar refractivity (Wildman–Crippen MR) is 55.1 cm³/mol. The van der Waals surface area contributed by atoms with Gasteiger partial charge in [-0.2, -0.15) is 0 Å². The summed E-state index contributed by atoms with van der Waals surface area (Å²) in [5.41, 5.74) is 0.706. The van der Waals surface area contributed by atoms with E-state index in [1.54, 1.807) is 0 Å². The van der Waals surface area contributed by atoms with Crippen molar-refractivity contribution in [2.45, 2.75) is 53.9 Å². The molecule has 0 radical (unpaired) electrons. The minimum Gasteiger partial charge on any atom is -0.0683 e. The van der Waals surface area contributed by atoms with Crippen LogP contribution in [0.4, 0.5) is 0 Å². The molecule has 3 rings (SSSR count). The Morgan fingerprint density at radius 2 is 1.67 bits per heavy atom. The Balaban J connectivity index is 0.000000336. The van der Waals surface area contributed by atoms with E-state index in [2.05, 4.69) is 20.8 Å². The van der Waals surface area contributed by atoms with Crippen LogP contribution in [0.1, 0.15) is 53.9 Å². The molecule has 0 aromatic heterocycles.